The number of amides is 2. The minimum Gasteiger partial charge on any atom is -0.326 e. The van der Waals surface area contributed by atoms with Gasteiger partial charge in [-0.2, -0.15) is 0 Å². The maximum absolute atomic E-state index is 11.8. The molecule has 0 radical (unpaired) electrons. The van der Waals surface area contributed by atoms with Gasteiger partial charge in [0.2, 0.25) is 11.8 Å². The molecule has 0 fully saturated rings. The van der Waals surface area contributed by atoms with Gasteiger partial charge >= 0.3 is 0 Å². The molecule has 2 amide bonds. The van der Waals surface area contributed by atoms with Crippen molar-refractivity contribution >= 4 is 23.2 Å². The molecule has 19 heavy (non-hydrogen) atoms. The van der Waals surface area contributed by atoms with E-state index in [1.54, 1.807) is 24.3 Å². The molecule has 104 valence electrons. The molecular weight excluding hydrogens is 242 g/mol. The molecule has 5 nitrogen and oxygen atoms in total. The Morgan fingerprint density at radius 2 is 1.79 bits per heavy atom. The Bertz CT molecular complexity index is 458. The van der Waals surface area contributed by atoms with Crippen molar-refractivity contribution in [2.45, 2.75) is 26.8 Å². The number of hydrogen-bond acceptors (Lipinski definition) is 3. The van der Waals surface area contributed by atoms with E-state index in [2.05, 4.69) is 10.6 Å². The van der Waals surface area contributed by atoms with E-state index in [-0.39, 0.29) is 11.8 Å². The minimum absolute atomic E-state index is 0.0730. The molecule has 0 saturated carbocycles. The zero-order valence-corrected chi connectivity index (χ0v) is 11.9. The smallest absolute Gasteiger partial charge is 0.238 e. The summed E-state index contributed by atoms with van der Waals surface area (Å²) in [5, 5.41) is 5.49. The van der Waals surface area contributed by atoms with Gasteiger partial charge < -0.3 is 10.6 Å². The molecule has 1 aromatic carbocycles. The summed E-state index contributed by atoms with van der Waals surface area (Å²) in [4.78, 5) is 24.7. The number of carbonyl (C=O) groups is 2. The topological polar surface area (TPSA) is 61.4 Å². The standard InChI is InChI=1S/C14H21N3O2/c1-10(2)17(4)9-14(19)16-13-7-5-6-12(8-13)15-11(3)18/h5-8,10H,9H2,1-4H3,(H,15,18)(H,16,19). The van der Waals surface area contributed by atoms with Gasteiger partial charge in [0.25, 0.3) is 0 Å². The van der Waals surface area contributed by atoms with Crippen molar-refractivity contribution in [1.29, 1.82) is 0 Å². The van der Waals surface area contributed by atoms with Crippen molar-refractivity contribution < 1.29 is 9.59 Å². The normalized spacial score (nSPS) is 10.6. The first-order valence-corrected chi connectivity index (χ1v) is 6.26. The summed E-state index contributed by atoms with van der Waals surface area (Å²) in [6.45, 7) is 5.85. The van der Waals surface area contributed by atoms with Crippen LogP contribution in [-0.4, -0.2) is 36.3 Å². The third-order valence-electron chi connectivity index (χ3n) is 2.74. The Balaban J connectivity index is 2.61. The van der Waals surface area contributed by atoms with Crippen LogP contribution in [0.15, 0.2) is 24.3 Å². The van der Waals surface area contributed by atoms with Gasteiger partial charge in [0.05, 0.1) is 6.54 Å². The Morgan fingerprint density at radius 3 is 2.32 bits per heavy atom. The third-order valence-corrected chi connectivity index (χ3v) is 2.74. The second-order valence-corrected chi connectivity index (χ2v) is 4.82. The zero-order valence-electron chi connectivity index (χ0n) is 11.9. The molecule has 0 aliphatic carbocycles. The average molecular weight is 263 g/mol. The lowest BCUT2D eigenvalue weighted by atomic mass is 10.2. The van der Waals surface area contributed by atoms with Gasteiger partial charge in [-0.25, -0.2) is 0 Å². The quantitative estimate of drug-likeness (QED) is 0.853. The molecule has 2 N–H and O–H groups in total. The van der Waals surface area contributed by atoms with Crippen LogP contribution in [0.25, 0.3) is 0 Å². The van der Waals surface area contributed by atoms with Crippen LogP contribution in [0, 0.1) is 0 Å². The van der Waals surface area contributed by atoms with E-state index in [0.717, 1.165) is 0 Å². The molecule has 1 aromatic rings. The van der Waals surface area contributed by atoms with Crippen molar-refractivity contribution in [3.8, 4) is 0 Å². The fraction of sp³-hybridized carbons (Fsp3) is 0.429. The predicted molar refractivity (Wildman–Crippen MR) is 77.1 cm³/mol. The molecule has 0 spiro atoms. The molecule has 0 saturated heterocycles. The first-order chi connectivity index (χ1) is 8.88. The number of anilines is 2. The van der Waals surface area contributed by atoms with Crippen LogP contribution in [0.5, 0.6) is 0 Å². The zero-order chi connectivity index (χ0) is 14.4. The summed E-state index contributed by atoms with van der Waals surface area (Å²) in [6, 6.07) is 7.40. The summed E-state index contributed by atoms with van der Waals surface area (Å²) in [6.07, 6.45) is 0. The van der Waals surface area contributed by atoms with E-state index in [0.29, 0.717) is 24.0 Å². The highest BCUT2D eigenvalue weighted by Crippen LogP contribution is 2.15. The molecular formula is C14H21N3O2. The molecule has 0 aliphatic rings. The van der Waals surface area contributed by atoms with Gasteiger partial charge in [-0.05, 0) is 39.1 Å². The Kier molecular flexibility index (Phi) is 5.51. The molecule has 0 heterocycles. The number of benzene rings is 1. The maximum Gasteiger partial charge on any atom is 0.238 e. The molecule has 5 heteroatoms. The summed E-state index contributed by atoms with van der Waals surface area (Å²) in [7, 11) is 1.90. The highest BCUT2D eigenvalue weighted by molar-refractivity contribution is 5.94. The summed E-state index contributed by atoms with van der Waals surface area (Å²) in [5.41, 5.74) is 1.34. The van der Waals surface area contributed by atoms with Crippen molar-refractivity contribution in [2.75, 3.05) is 24.2 Å². The Hall–Kier alpha value is -1.88. The van der Waals surface area contributed by atoms with Gasteiger partial charge in [0.1, 0.15) is 0 Å². The first-order valence-electron chi connectivity index (χ1n) is 6.26. The van der Waals surface area contributed by atoms with Crippen LogP contribution in [0.1, 0.15) is 20.8 Å². The van der Waals surface area contributed by atoms with Crippen LogP contribution < -0.4 is 10.6 Å². The van der Waals surface area contributed by atoms with Crippen LogP contribution in [-0.2, 0) is 9.59 Å². The second kappa shape index (κ2) is 6.89. The SMILES string of the molecule is CC(=O)Nc1cccc(NC(=O)CN(C)C(C)C)c1. The molecule has 1 rings (SSSR count). The number of nitrogens with one attached hydrogen (secondary N) is 2. The van der Waals surface area contributed by atoms with Gasteiger partial charge in [-0.3, -0.25) is 14.5 Å². The number of likely N-dealkylation sites (N-methyl/N-ethyl adjacent to an activating group) is 1. The number of carbonyl (C=O) groups excluding carboxylic acids is 2. The van der Waals surface area contributed by atoms with Crippen molar-refractivity contribution in [3.63, 3.8) is 0 Å². The number of nitrogens with zero attached hydrogens (tertiary/aromatic N) is 1. The molecule has 0 bridgehead atoms. The van der Waals surface area contributed by atoms with E-state index < -0.39 is 0 Å². The van der Waals surface area contributed by atoms with Gasteiger partial charge in [-0.1, -0.05) is 6.07 Å². The lowest BCUT2D eigenvalue weighted by molar-refractivity contribution is -0.117. The highest BCUT2D eigenvalue weighted by Gasteiger charge is 2.09. The fourth-order valence-electron chi connectivity index (χ4n) is 1.49. The Labute approximate surface area is 114 Å². The summed E-state index contributed by atoms with van der Waals surface area (Å²) in [5.74, 6) is -0.209. The molecule has 0 atom stereocenters. The van der Waals surface area contributed by atoms with Crippen LogP contribution in [0.2, 0.25) is 0 Å². The van der Waals surface area contributed by atoms with E-state index in [9.17, 15) is 9.59 Å². The second-order valence-electron chi connectivity index (χ2n) is 4.82. The number of hydrogen-bond donors (Lipinski definition) is 2. The molecule has 0 aromatic heterocycles. The number of rotatable bonds is 5. The van der Waals surface area contributed by atoms with Crippen molar-refractivity contribution in [3.05, 3.63) is 24.3 Å². The monoisotopic (exact) mass is 263 g/mol. The lowest BCUT2D eigenvalue weighted by Crippen LogP contribution is -2.34. The fourth-order valence-corrected chi connectivity index (χ4v) is 1.49. The van der Waals surface area contributed by atoms with Gasteiger partial charge in [-0.15, -0.1) is 0 Å². The maximum atomic E-state index is 11.8. The largest absolute Gasteiger partial charge is 0.326 e. The molecule has 0 aliphatic heterocycles. The molecule has 0 unspecified atom stereocenters. The highest BCUT2D eigenvalue weighted by atomic mass is 16.2. The average Bonchev–Trinajstić information content (AvgIpc) is 2.27. The van der Waals surface area contributed by atoms with E-state index >= 15 is 0 Å². The van der Waals surface area contributed by atoms with E-state index in [4.69, 9.17) is 0 Å². The predicted octanol–water partition coefficient (Wildman–Crippen LogP) is 1.92. The Morgan fingerprint density at radius 1 is 1.21 bits per heavy atom. The van der Waals surface area contributed by atoms with Gasteiger partial charge in [0.15, 0.2) is 0 Å². The summed E-state index contributed by atoms with van der Waals surface area (Å²) >= 11 is 0. The summed E-state index contributed by atoms with van der Waals surface area (Å²) < 4.78 is 0. The third kappa shape index (κ3) is 5.52. The van der Waals surface area contributed by atoms with E-state index in [1.165, 1.54) is 6.92 Å². The van der Waals surface area contributed by atoms with Crippen LogP contribution in [0.4, 0.5) is 11.4 Å². The van der Waals surface area contributed by atoms with Crippen LogP contribution in [0.3, 0.4) is 0 Å². The van der Waals surface area contributed by atoms with Gasteiger partial charge in [0, 0.05) is 24.3 Å². The van der Waals surface area contributed by atoms with Crippen molar-refractivity contribution in [1.82, 2.24) is 4.90 Å². The minimum atomic E-state index is -0.136. The van der Waals surface area contributed by atoms with E-state index in [1.807, 2.05) is 25.8 Å². The first kappa shape index (κ1) is 15.2. The van der Waals surface area contributed by atoms with Crippen LogP contribution >= 0.6 is 0 Å². The van der Waals surface area contributed by atoms with Crippen molar-refractivity contribution in [2.24, 2.45) is 0 Å². The lowest BCUT2D eigenvalue weighted by Gasteiger charge is -2.20.